The topological polar surface area (TPSA) is 82.7 Å². The Bertz CT molecular complexity index is 2030. The lowest BCUT2D eigenvalue weighted by Gasteiger charge is -2.10. The molecule has 1 N–H and O–H groups in total. The van der Waals surface area contributed by atoms with Crippen molar-refractivity contribution in [1.29, 1.82) is 0 Å². The predicted octanol–water partition coefficient (Wildman–Crippen LogP) is 9.14. The molecule has 6 aromatic rings. The van der Waals surface area contributed by atoms with Gasteiger partial charge in [-0.15, -0.1) is 33.4 Å². The first-order chi connectivity index (χ1) is 23.0. The van der Waals surface area contributed by atoms with Gasteiger partial charge in [-0.1, -0.05) is 41.4 Å². The largest absolute Gasteiger partial charge is 0.497 e. The van der Waals surface area contributed by atoms with Crippen LogP contribution in [0, 0.1) is 0 Å². The van der Waals surface area contributed by atoms with Crippen LogP contribution in [0.25, 0.3) is 39.5 Å². The van der Waals surface area contributed by atoms with E-state index in [0.717, 1.165) is 79.6 Å². The number of ether oxygens (including phenoxy) is 2. The predicted molar refractivity (Wildman–Crippen MR) is 201 cm³/mol. The number of halogens is 2. The number of nitrogens with zero attached hydrogens (tertiary/aromatic N) is 4. The summed E-state index contributed by atoms with van der Waals surface area (Å²) in [5.74, 6) is 1.27. The maximum absolute atomic E-state index is 13.2. The highest BCUT2D eigenvalue weighted by molar-refractivity contribution is 9.10. The number of benzene rings is 4. The second kappa shape index (κ2) is 16.1. The van der Waals surface area contributed by atoms with Crippen molar-refractivity contribution in [3.05, 3.63) is 123 Å². The summed E-state index contributed by atoms with van der Waals surface area (Å²) < 4.78 is 15.8. The summed E-state index contributed by atoms with van der Waals surface area (Å²) in [6.45, 7) is 2.98. The zero-order valence-corrected chi connectivity index (χ0v) is 30.8. The Labute approximate surface area is 302 Å². The molecule has 0 aliphatic rings. The fourth-order valence-electron chi connectivity index (χ4n) is 5.17. The Kier molecular flexibility index (Phi) is 11.7. The Hall–Kier alpha value is -4.45. The number of carbonyl (C=O) groups excluding carboxylic acids is 1. The minimum absolute atomic E-state index is 0. The fourth-order valence-corrected chi connectivity index (χ4v) is 6.33. The van der Waals surface area contributed by atoms with Crippen LogP contribution in [-0.4, -0.2) is 34.5 Å². The molecule has 2 aromatic heterocycles. The molecule has 0 aliphatic heterocycles. The third-order valence-electron chi connectivity index (χ3n) is 7.78. The van der Waals surface area contributed by atoms with Crippen LogP contribution in [0.5, 0.6) is 11.5 Å². The lowest BCUT2D eigenvalue weighted by atomic mass is 10.1. The van der Waals surface area contributed by atoms with Crippen molar-refractivity contribution in [2.45, 2.75) is 26.3 Å². The van der Waals surface area contributed by atoms with E-state index >= 15 is 0 Å². The van der Waals surface area contributed by atoms with E-state index in [1.807, 2.05) is 77.5 Å². The van der Waals surface area contributed by atoms with Crippen molar-refractivity contribution < 1.29 is 14.3 Å². The summed E-state index contributed by atoms with van der Waals surface area (Å²) in [6.07, 6.45) is 2.06. The van der Waals surface area contributed by atoms with Crippen LogP contribution in [0.3, 0.4) is 0 Å². The van der Waals surface area contributed by atoms with Crippen molar-refractivity contribution in [2.24, 2.45) is 5.10 Å². The number of amides is 1. The van der Waals surface area contributed by atoms with E-state index in [0.29, 0.717) is 5.56 Å². The molecule has 1 amide bonds. The monoisotopic (exact) mass is 787 g/mol. The number of hydrogen-bond donors (Lipinski definition) is 1. The highest BCUT2D eigenvalue weighted by atomic mass is 79.9. The number of nitrogens with one attached hydrogen (secondary N) is 1. The summed E-state index contributed by atoms with van der Waals surface area (Å²) in [5.41, 5.74) is 9.93. The molecule has 6 rings (SSSR count). The van der Waals surface area contributed by atoms with Crippen LogP contribution >= 0.6 is 44.2 Å². The van der Waals surface area contributed by atoms with Crippen molar-refractivity contribution in [2.75, 3.05) is 14.2 Å². The van der Waals surface area contributed by atoms with Gasteiger partial charge in [0.25, 0.3) is 5.91 Å². The molecule has 48 heavy (non-hydrogen) atoms. The van der Waals surface area contributed by atoms with Crippen LogP contribution in [0.15, 0.2) is 118 Å². The fraction of sp³-hybridized carbons (Fsp3) is 0.162. The lowest BCUT2D eigenvalue weighted by molar-refractivity contribution is 0.0953. The summed E-state index contributed by atoms with van der Waals surface area (Å²) in [5, 5.41) is 11.6. The van der Waals surface area contributed by atoms with Gasteiger partial charge in [-0.2, -0.15) is 5.10 Å². The second-order valence-electron chi connectivity index (χ2n) is 10.8. The number of rotatable bonds is 11. The lowest BCUT2D eigenvalue weighted by Crippen LogP contribution is -2.25. The first-order valence-corrected chi connectivity index (χ1v) is 16.9. The second-order valence-corrected chi connectivity index (χ2v) is 12.6. The minimum Gasteiger partial charge on any atom is -0.497 e. The zero-order chi connectivity index (χ0) is 32.8. The van der Waals surface area contributed by atoms with E-state index < -0.39 is 0 Å². The van der Waals surface area contributed by atoms with Gasteiger partial charge in [-0.25, -0.2) is 10.1 Å². The van der Waals surface area contributed by atoms with Crippen LogP contribution in [0.4, 0.5) is 0 Å². The molecule has 0 saturated heterocycles. The highest BCUT2D eigenvalue weighted by Crippen LogP contribution is 2.31. The molecule has 0 atom stereocenters. The van der Waals surface area contributed by atoms with E-state index in [1.165, 1.54) is 11.3 Å². The summed E-state index contributed by atoms with van der Waals surface area (Å²) >= 11 is 5.03. The Morgan fingerprint density at radius 3 is 2.02 bits per heavy atom. The first kappa shape index (κ1) is 34.9. The number of thiazole rings is 1. The average molecular weight is 790 g/mol. The van der Waals surface area contributed by atoms with Crippen molar-refractivity contribution in [3.8, 4) is 51.0 Å². The minimum atomic E-state index is -0.285. The molecule has 8 nitrogen and oxygen atoms in total. The molecule has 0 radical (unpaired) electrons. The maximum Gasteiger partial charge on any atom is 0.271 e. The van der Waals surface area contributed by atoms with Gasteiger partial charge in [0.05, 0.1) is 37.0 Å². The molecule has 0 unspecified atom stereocenters. The maximum atomic E-state index is 13.2. The molecule has 0 aliphatic carbocycles. The van der Waals surface area contributed by atoms with Gasteiger partial charge in [0.1, 0.15) is 11.5 Å². The van der Waals surface area contributed by atoms with Gasteiger partial charge in [0.2, 0.25) is 4.80 Å². The zero-order valence-electron chi connectivity index (χ0n) is 26.7. The normalized spacial score (nSPS) is 11.2. The van der Waals surface area contributed by atoms with Gasteiger partial charge >= 0.3 is 0 Å². The smallest absolute Gasteiger partial charge is 0.271 e. The van der Waals surface area contributed by atoms with Crippen molar-refractivity contribution in [3.63, 3.8) is 0 Å². The number of carbonyl (C=O) groups is 1. The molecule has 4 aromatic carbocycles. The molecule has 0 bridgehead atoms. The van der Waals surface area contributed by atoms with Gasteiger partial charge in [0.15, 0.2) is 0 Å². The molecule has 0 spiro atoms. The Balaban J connectivity index is 0.00000451. The van der Waals surface area contributed by atoms with Crippen LogP contribution in [-0.2, 0) is 6.54 Å². The van der Waals surface area contributed by atoms with Gasteiger partial charge in [-0.05, 0) is 103 Å². The van der Waals surface area contributed by atoms with Gasteiger partial charge in [0, 0.05) is 33.1 Å². The summed E-state index contributed by atoms with van der Waals surface area (Å²) in [6, 6.07) is 33.3. The highest BCUT2D eigenvalue weighted by Gasteiger charge is 2.15. The quantitative estimate of drug-likeness (QED) is 0.133. The molecule has 0 fully saturated rings. The van der Waals surface area contributed by atoms with Crippen LogP contribution in [0.2, 0.25) is 0 Å². The Morgan fingerprint density at radius 1 is 0.833 bits per heavy atom. The van der Waals surface area contributed by atoms with Crippen molar-refractivity contribution >= 4 is 50.2 Å². The van der Waals surface area contributed by atoms with Gasteiger partial charge < -0.3 is 14.0 Å². The molecular formula is C37H35Br2N5O3S. The van der Waals surface area contributed by atoms with E-state index in [9.17, 15) is 4.79 Å². The van der Waals surface area contributed by atoms with E-state index in [1.54, 1.807) is 26.4 Å². The van der Waals surface area contributed by atoms with E-state index in [2.05, 4.69) is 61.5 Å². The van der Waals surface area contributed by atoms with E-state index in [4.69, 9.17) is 14.6 Å². The third kappa shape index (κ3) is 7.81. The Morgan fingerprint density at radius 2 is 1.42 bits per heavy atom. The third-order valence-corrected chi connectivity index (χ3v) is 9.17. The number of hydrogen-bond acceptors (Lipinski definition) is 6. The van der Waals surface area contributed by atoms with E-state index in [-0.39, 0.29) is 22.9 Å². The van der Waals surface area contributed by atoms with Crippen molar-refractivity contribution in [1.82, 2.24) is 19.8 Å². The molecule has 0 saturated carbocycles. The molecular weight excluding hydrogens is 754 g/mol. The molecule has 2 heterocycles. The summed E-state index contributed by atoms with van der Waals surface area (Å²) in [7, 11) is 3.30. The summed E-state index contributed by atoms with van der Waals surface area (Å²) in [4.78, 5) is 14.0. The standard InChI is InChI=1S/C37H34BrN5O3S.BrH/c1-4-5-22-42-35(27-6-14-29(38)15-7-27)24-47-37(42)40-39-36(44)28-8-16-30(17-9-28)43-34(26-12-20-32(46-3)21-13-26)23-33(41-43)25-10-18-31(45-2)19-11-25;/h6-21,23-24H,4-5,22H2,1-3H3,(H,39,44);1H. The number of methoxy groups -OCH3 is 2. The molecule has 246 valence electrons. The first-order valence-electron chi connectivity index (χ1n) is 15.2. The van der Waals surface area contributed by atoms with Crippen LogP contribution < -0.4 is 19.7 Å². The SMILES string of the molecule is Br.CCCCn1c(-c2ccc(Br)cc2)csc1=NNC(=O)c1ccc(-n2nc(-c3ccc(OC)cc3)cc2-c2ccc(OC)cc2)cc1. The molecule has 11 heteroatoms. The van der Waals surface area contributed by atoms with Crippen LogP contribution in [0.1, 0.15) is 30.1 Å². The number of unbranched alkanes of at least 4 members (excludes halogenated alkanes) is 1. The number of aromatic nitrogens is 3. The average Bonchev–Trinajstić information content (AvgIpc) is 3.75. The van der Waals surface area contributed by atoms with Gasteiger partial charge in [-0.3, -0.25) is 4.79 Å².